The highest BCUT2D eigenvalue weighted by Crippen LogP contribution is 2.59. The lowest BCUT2D eigenvalue weighted by Crippen LogP contribution is -2.14. The Hall–Kier alpha value is -1.18. The Balaban J connectivity index is 1.93. The Bertz CT molecular complexity index is 606. The molecule has 1 aliphatic carbocycles. The van der Waals surface area contributed by atoms with Gasteiger partial charge in [0.25, 0.3) is 0 Å². The van der Waals surface area contributed by atoms with Gasteiger partial charge in [-0.05, 0) is 36.1 Å². The maximum absolute atomic E-state index is 6.76. The lowest BCUT2D eigenvalue weighted by Gasteiger charge is -2.23. The zero-order chi connectivity index (χ0) is 14.2. The number of rotatable bonds is 4. The van der Waals surface area contributed by atoms with Gasteiger partial charge in [-0.3, -0.25) is 0 Å². The molecule has 2 aromatic rings. The van der Waals surface area contributed by atoms with Crippen molar-refractivity contribution in [2.45, 2.75) is 23.6 Å². The fourth-order valence-corrected chi connectivity index (χ4v) is 3.50. The van der Waals surface area contributed by atoms with E-state index in [4.69, 9.17) is 27.9 Å². The standard InChI is InChI=1S/C17H16Cl2O/c1-20-15-8-7-12(11-14(15)18)16(19)17(9-10-17)13-5-3-2-4-6-13/h2-8,11,16H,9-10H2,1H3. The molecule has 104 valence electrons. The average Bonchev–Trinajstić information content (AvgIpc) is 3.29. The van der Waals surface area contributed by atoms with Crippen molar-refractivity contribution in [1.29, 1.82) is 0 Å². The van der Waals surface area contributed by atoms with E-state index in [2.05, 4.69) is 24.3 Å². The summed E-state index contributed by atoms with van der Waals surface area (Å²) in [6.45, 7) is 0. The van der Waals surface area contributed by atoms with Crippen LogP contribution in [-0.2, 0) is 5.41 Å². The summed E-state index contributed by atoms with van der Waals surface area (Å²) in [5.41, 5.74) is 2.42. The highest BCUT2D eigenvalue weighted by atomic mass is 35.5. The van der Waals surface area contributed by atoms with Crippen molar-refractivity contribution in [2.75, 3.05) is 7.11 Å². The van der Waals surface area contributed by atoms with Crippen LogP contribution in [0.15, 0.2) is 48.5 Å². The summed E-state index contributed by atoms with van der Waals surface area (Å²) < 4.78 is 5.19. The first-order valence-corrected chi connectivity index (χ1v) is 7.52. The lowest BCUT2D eigenvalue weighted by atomic mass is 9.88. The molecule has 0 saturated heterocycles. The number of alkyl halides is 1. The molecular weight excluding hydrogens is 291 g/mol. The second-order valence-corrected chi connectivity index (χ2v) is 6.12. The van der Waals surface area contributed by atoms with E-state index in [-0.39, 0.29) is 10.8 Å². The minimum absolute atomic E-state index is 0.0563. The van der Waals surface area contributed by atoms with Gasteiger partial charge in [-0.2, -0.15) is 0 Å². The summed E-state index contributed by atoms with van der Waals surface area (Å²) in [7, 11) is 1.62. The number of hydrogen-bond acceptors (Lipinski definition) is 1. The Kier molecular flexibility index (Phi) is 3.66. The molecule has 1 nitrogen and oxygen atoms in total. The van der Waals surface area contributed by atoms with Crippen LogP contribution in [0.5, 0.6) is 5.75 Å². The lowest BCUT2D eigenvalue weighted by molar-refractivity contribution is 0.415. The molecule has 1 fully saturated rings. The Morgan fingerprint density at radius 1 is 1.10 bits per heavy atom. The minimum atomic E-state index is -0.0618. The van der Waals surface area contributed by atoms with Crippen molar-refractivity contribution in [1.82, 2.24) is 0 Å². The van der Waals surface area contributed by atoms with Crippen LogP contribution in [0, 0.1) is 0 Å². The summed E-state index contributed by atoms with van der Waals surface area (Å²) in [5.74, 6) is 0.684. The number of methoxy groups -OCH3 is 1. The van der Waals surface area contributed by atoms with Gasteiger partial charge in [0.2, 0.25) is 0 Å². The van der Waals surface area contributed by atoms with Crippen molar-refractivity contribution >= 4 is 23.2 Å². The van der Waals surface area contributed by atoms with Crippen LogP contribution in [0.2, 0.25) is 5.02 Å². The summed E-state index contributed by atoms with van der Waals surface area (Å²) in [6, 6.07) is 16.3. The molecule has 0 heterocycles. The SMILES string of the molecule is COc1ccc(C(Cl)C2(c3ccccc3)CC2)cc1Cl. The molecule has 0 radical (unpaired) electrons. The maximum atomic E-state index is 6.76. The largest absolute Gasteiger partial charge is 0.495 e. The van der Waals surface area contributed by atoms with Gasteiger partial charge >= 0.3 is 0 Å². The molecule has 3 rings (SSSR count). The van der Waals surface area contributed by atoms with E-state index in [0.29, 0.717) is 10.8 Å². The van der Waals surface area contributed by atoms with Gasteiger partial charge in [-0.1, -0.05) is 48.0 Å². The van der Waals surface area contributed by atoms with Crippen LogP contribution in [-0.4, -0.2) is 7.11 Å². The second-order valence-electron chi connectivity index (χ2n) is 5.28. The average molecular weight is 307 g/mol. The van der Waals surface area contributed by atoms with Crippen molar-refractivity contribution in [3.8, 4) is 5.75 Å². The highest BCUT2D eigenvalue weighted by Gasteiger charge is 2.50. The summed E-state index contributed by atoms with van der Waals surface area (Å²) in [6.07, 6.45) is 2.24. The fourth-order valence-electron chi connectivity index (χ4n) is 2.75. The summed E-state index contributed by atoms with van der Waals surface area (Å²) in [5, 5.41) is 0.549. The number of halogens is 2. The molecule has 0 aromatic heterocycles. The molecule has 0 spiro atoms. The number of benzene rings is 2. The molecule has 0 aliphatic heterocycles. The van der Waals surface area contributed by atoms with Gasteiger partial charge in [0.15, 0.2) is 0 Å². The monoisotopic (exact) mass is 306 g/mol. The van der Waals surface area contributed by atoms with Gasteiger partial charge in [0.05, 0.1) is 17.5 Å². The predicted octanol–water partition coefficient (Wildman–Crippen LogP) is 5.36. The highest BCUT2D eigenvalue weighted by molar-refractivity contribution is 6.32. The molecule has 1 atom stereocenters. The van der Waals surface area contributed by atoms with Crippen LogP contribution in [0.1, 0.15) is 29.3 Å². The van der Waals surface area contributed by atoms with Crippen molar-refractivity contribution in [3.63, 3.8) is 0 Å². The first kappa shape index (κ1) is 13.8. The maximum Gasteiger partial charge on any atom is 0.137 e. The second kappa shape index (κ2) is 5.31. The van der Waals surface area contributed by atoms with Gasteiger partial charge in [0.1, 0.15) is 5.75 Å². The van der Waals surface area contributed by atoms with Gasteiger partial charge < -0.3 is 4.74 Å². The first-order chi connectivity index (χ1) is 9.67. The van der Waals surface area contributed by atoms with E-state index >= 15 is 0 Å². The quantitative estimate of drug-likeness (QED) is 0.691. The normalized spacial score (nSPS) is 17.6. The molecule has 3 heteroatoms. The summed E-state index contributed by atoms with van der Waals surface area (Å²) in [4.78, 5) is 0. The molecule has 0 bridgehead atoms. The molecule has 0 N–H and O–H groups in total. The van der Waals surface area contributed by atoms with Crippen LogP contribution >= 0.6 is 23.2 Å². The molecule has 1 unspecified atom stereocenters. The van der Waals surface area contributed by atoms with E-state index in [9.17, 15) is 0 Å². The van der Waals surface area contributed by atoms with Gasteiger partial charge in [0, 0.05) is 5.41 Å². The zero-order valence-corrected chi connectivity index (χ0v) is 12.8. The minimum Gasteiger partial charge on any atom is -0.495 e. The Labute approximate surface area is 129 Å². The Morgan fingerprint density at radius 2 is 1.80 bits per heavy atom. The van der Waals surface area contributed by atoms with E-state index in [0.717, 1.165) is 18.4 Å². The van der Waals surface area contributed by atoms with Crippen LogP contribution in [0.3, 0.4) is 0 Å². The third-order valence-corrected chi connectivity index (χ3v) is 5.06. The van der Waals surface area contributed by atoms with Crippen molar-refractivity contribution in [2.24, 2.45) is 0 Å². The smallest absolute Gasteiger partial charge is 0.137 e. The van der Waals surface area contributed by atoms with E-state index in [1.165, 1.54) is 5.56 Å². The van der Waals surface area contributed by atoms with Gasteiger partial charge in [-0.25, -0.2) is 0 Å². The van der Waals surface area contributed by atoms with Crippen LogP contribution in [0.4, 0.5) is 0 Å². The Morgan fingerprint density at radius 3 is 2.35 bits per heavy atom. The van der Waals surface area contributed by atoms with Crippen molar-refractivity contribution < 1.29 is 4.74 Å². The van der Waals surface area contributed by atoms with Crippen LogP contribution in [0.25, 0.3) is 0 Å². The fraction of sp³-hybridized carbons (Fsp3) is 0.294. The topological polar surface area (TPSA) is 9.23 Å². The van der Waals surface area contributed by atoms with Crippen molar-refractivity contribution in [3.05, 3.63) is 64.7 Å². The molecule has 1 saturated carbocycles. The van der Waals surface area contributed by atoms with Crippen LogP contribution < -0.4 is 4.74 Å². The third kappa shape index (κ3) is 2.30. The van der Waals surface area contributed by atoms with E-state index in [1.54, 1.807) is 7.11 Å². The third-order valence-electron chi connectivity index (χ3n) is 4.09. The van der Waals surface area contributed by atoms with E-state index < -0.39 is 0 Å². The molecule has 2 aromatic carbocycles. The molecule has 0 amide bonds. The zero-order valence-electron chi connectivity index (χ0n) is 11.3. The number of hydrogen-bond donors (Lipinski definition) is 0. The molecular formula is C17H16Cl2O. The number of ether oxygens (including phenoxy) is 1. The predicted molar refractivity (Wildman–Crippen MR) is 84.0 cm³/mol. The van der Waals surface area contributed by atoms with E-state index in [1.807, 2.05) is 24.3 Å². The van der Waals surface area contributed by atoms with Gasteiger partial charge in [-0.15, -0.1) is 11.6 Å². The first-order valence-electron chi connectivity index (χ1n) is 6.70. The summed E-state index contributed by atoms with van der Waals surface area (Å²) >= 11 is 13.0. The molecule has 20 heavy (non-hydrogen) atoms. The molecule has 1 aliphatic rings.